The van der Waals surface area contributed by atoms with E-state index in [4.69, 9.17) is 4.42 Å². The van der Waals surface area contributed by atoms with Crippen LogP contribution in [0.5, 0.6) is 0 Å². The van der Waals surface area contributed by atoms with Crippen LogP contribution in [0.25, 0.3) is 10.2 Å². The molecule has 0 unspecified atom stereocenters. The van der Waals surface area contributed by atoms with Crippen molar-refractivity contribution in [1.29, 1.82) is 0 Å². The van der Waals surface area contributed by atoms with Crippen LogP contribution >= 0.6 is 11.3 Å². The summed E-state index contributed by atoms with van der Waals surface area (Å²) in [6.45, 7) is 2.23. The Morgan fingerprint density at radius 1 is 1.24 bits per heavy atom. The minimum Gasteiger partial charge on any atom is -0.395 e. The maximum atomic E-state index is 13.1. The highest BCUT2D eigenvalue weighted by atomic mass is 32.1. The number of carbonyl (C=O) groups excluding carboxylic acids is 1. The number of thiazole rings is 1. The van der Waals surface area contributed by atoms with E-state index in [0.29, 0.717) is 10.8 Å². The molecule has 1 aromatic carbocycles. The minimum atomic E-state index is -0.677. The maximum absolute atomic E-state index is 13.1. The van der Waals surface area contributed by atoms with E-state index in [1.807, 2.05) is 18.2 Å². The van der Waals surface area contributed by atoms with E-state index < -0.39 is 16.7 Å². The van der Waals surface area contributed by atoms with Crippen molar-refractivity contribution < 1.29 is 14.1 Å². The molecule has 0 N–H and O–H groups in total. The number of aryl methyl sites for hydroxylation is 1. The second-order valence-electron chi connectivity index (χ2n) is 6.26. The van der Waals surface area contributed by atoms with Crippen LogP contribution in [-0.4, -0.2) is 20.8 Å². The van der Waals surface area contributed by atoms with Gasteiger partial charge in [0.1, 0.15) is 4.92 Å². The van der Waals surface area contributed by atoms with Crippen LogP contribution in [0.1, 0.15) is 28.7 Å². The van der Waals surface area contributed by atoms with Crippen molar-refractivity contribution in [1.82, 2.24) is 9.97 Å². The first-order valence-electron chi connectivity index (χ1n) is 8.90. The number of anilines is 1. The van der Waals surface area contributed by atoms with Gasteiger partial charge in [-0.2, -0.15) is 0 Å². The van der Waals surface area contributed by atoms with Gasteiger partial charge in [-0.25, -0.2) is 4.98 Å². The maximum Gasteiger partial charge on any atom is 0.433 e. The molecule has 0 spiro atoms. The number of benzene rings is 1. The largest absolute Gasteiger partial charge is 0.433 e. The van der Waals surface area contributed by atoms with E-state index in [1.165, 1.54) is 27.9 Å². The summed E-state index contributed by atoms with van der Waals surface area (Å²) in [5, 5.41) is 11.4. The number of hydrogen-bond donors (Lipinski definition) is 0. The lowest BCUT2D eigenvalue weighted by Crippen LogP contribution is -2.30. The molecule has 146 valence electrons. The van der Waals surface area contributed by atoms with E-state index in [2.05, 4.69) is 23.0 Å². The Kier molecular flexibility index (Phi) is 5.05. The third-order valence-corrected chi connectivity index (χ3v) is 5.40. The van der Waals surface area contributed by atoms with Gasteiger partial charge in [-0.15, -0.1) is 0 Å². The van der Waals surface area contributed by atoms with Crippen LogP contribution in [0.2, 0.25) is 0 Å². The lowest BCUT2D eigenvalue weighted by molar-refractivity contribution is -0.402. The monoisotopic (exact) mass is 408 g/mol. The molecular weight excluding hydrogens is 392 g/mol. The molecule has 3 heterocycles. The molecular formula is C20H16N4O4S. The van der Waals surface area contributed by atoms with E-state index in [0.717, 1.165) is 22.7 Å². The molecule has 4 rings (SSSR count). The minimum absolute atomic E-state index is 0.124. The average molecular weight is 408 g/mol. The van der Waals surface area contributed by atoms with E-state index in [1.54, 1.807) is 18.3 Å². The van der Waals surface area contributed by atoms with Crippen molar-refractivity contribution in [3.63, 3.8) is 0 Å². The van der Waals surface area contributed by atoms with Crippen molar-refractivity contribution in [2.24, 2.45) is 0 Å². The fraction of sp³-hybridized carbons (Fsp3) is 0.150. The van der Waals surface area contributed by atoms with Gasteiger partial charge in [0.2, 0.25) is 0 Å². The predicted molar refractivity (Wildman–Crippen MR) is 109 cm³/mol. The molecule has 0 aliphatic carbocycles. The third kappa shape index (κ3) is 3.85. The van der Waals surface area contributed by atoms with Gasteiger partial charge in [0.25, 0.3) is 5.91 Å². The summed E-state index contributed by atoms with van der Waals surface area (Å²) < 4.78 is 6.09. The molecule has 29 heavy (non-hydrogen) atoms. The molecule has 3 aromatic heterocycles. The molecule has 0 radical (unpaired) electrons. The van der Waals surface area contributed by atoms with Crippen molar-refractivity contribution in [2.75, 3.05) is 4.90 Å². The van der Waals surface area contributed by atoms with Crippen LogP contribution in [0.4, 0.5) is 11.0 Å². The van der Waals surface area contributed by atoms with Crippen LogP contribution in [0.15, 0.2) is 59.1 Å². The van der Waals surface area contributed by atoms with E-state index in [-0.39, 0.29) is 12.3 Å². The molecule has 9 heteroatoms. The molecule has 8 nitrogen and oxygen atoms in total. The second-order valence-corrected chi connectivity index (χ2v) is 7.27. The Hall–Kier alpha value is -3.59. The lowest BCUT2D eigenvalue weighted by Gasteiger charge is -2.18. The molecule has 0 atom stereocenters. The third-order valence-electron chi connectivity index (χ3n) is 4.35. The van der Waals surface area contributed by atoms with Crippen LogP contribution in [0, 0.1) is 10.1 Å². The van der Waals surface area contributed by atoms with Crippen molar-refractivity contribution in [2.45, 2.75) is 19.9 Å². The Morgan fingerprint density at radius 3 is 2.79 bits per heavy atom. The Balaban J connectivity index is 1.75. The summed E-state index contributed by atoms with van der Waals surface area (Å²) in [5.74, 6) is -1.12. The molecule has 0 bridgehead atoms. The zero-order chi connectivity index (χ0) is 20.4. The highest BCUT2D eigenvalue weighted by Crippen LogP contribution is 2.32. The Bertz CT molecular complexity index is 1190. The number of rotatable bonds is 6. The number of fused-ring (bicyclic) bond motifs is 1. The summed E-state index contributed by atoms with van der Waals surface area (Å²) in [5.41, 5.74) is 2.62. The van der Waals surface area contributed by atoms with E-state index >= 15 is 0 Å². The first-order chi connectivity index (χ1) is 14.0. The van der Waals surface area contributed by atoms with Crippen molar-refractivity contribution in [3.8, 4) is 0 Å². The van der Waals surface area contributed by atoms with Gasteiger partial charge < -0.3 is 4.42 Å². The van der Waals surface area contributed by atoms with Gasteiger partial charge in [-0.3, -0.25) is 24.8 Å². The Labute approximate surface area is 169 Å². The zero-order valence-corrected chi connectivity index (χ0v) is 16.3. The fourth-order valence-corrected chi connectivity index (χ4v) is 3.87. The Morgan fingerprint density at radius 2 is 2.10 bits per heavy atom. The van der Waals surface area contributed by atoms with Gasteiger partial charge in [-0.05, 0) is 42.3 Å². The van der Waals surface area contributed by atoms with Crippen LogP contribution in [0.3, 0.4) is 0 Å². The number of amides is 1. The molecule has 4 aromatic rings. The number of furan rings is 1. The molecule has 1 amide bonds. The topological polar surface area (TPSA) is 102 Å². The highest BCUT2D eigenvalue weighted by Gasteiger charge is 2.26. The summed E-state index contributed by atoms with van der Waals surface area (Å²) in [6, 6.07) is 13.9. The number of carbonyl (C=O) groups is 1. The second kappa shape index (κ2) is 7.80. The molecule has 0 saturated heterocycles. The normalized spacial score (nSPS) is 10.9. The quantitative estimate of drug-likeness (QED) is 0.341. The SMILES string of the molecule is CCc1ccc2nc(N(Cc3ccccn3)C(=O)c3ccc([N+](=O)[O-])o3)sc2c1. The molecule has 0 aliphatic rings. The summed E-state index contributed by atoms with van der Waals surface area (Å²) in [6.07, 6.45) is 2.54. The van der Waals surface area contributed by atoms with Gasteiger partial charge >= 0.3 is 5.88 Å². The standard InChI is InChI=1S/C20H16N4O4S/c1-2-13-6-7-15-17(11-13)29-20(22-15)23(12-14-5-3-4-10-21-14)19(25)16-8-9-18(28-16)24(26)27/h3-11H,2,12H2,1H3. The first kappa shape index (κ1) is 18.8. The fourth-order valence-electron chi connectivity index (χ4n) is 2.85. The predicted octanol–water partition coefficient (Wildman–Crippen LogP) is 4.60. The highest BCUT2D eigenvalue weighted by molar-refractivity contribution is 7.22. The zero-order valence-electron chi connectivity index (χ0n) is 15.4. The summed E-state index contributed by atoms with van der Waals surface area (Å²) >= 11 is 1.38. The molecule has 0 aliphatic heterocycles. The lowest BCUT2D eigenvalue weighted by atomic mass is 10.2. The van der Waals surface area contributed by atoms with Gasteiger partial charge in [0.15, 0.2) is 10.9 Å². The van der Waals surface area contributed by atoms with Crippen LogP contribution < -0.4 is 4.90 Å². The number of nitro groups is 1. The molecule has 0 fully saturated rings. The first-order valence-corrected chi connectivity index (χ1v) is 9.72. The van der Waals surface area contributed by atoms with Crippen LogP contribution in [-0.2, 0) is 13.0 Å². The average Bonchev–Trinajstić information content (AvgIpc) is 3.39. The van der Waals surface area contributed by atoms with Crippen molar-refractivity contribution in [3.05, 3.63) is 81.9 Å². The van der Waals surface area contributed by atoms with Gasteiger partial charge in [-0.1, -0.05) is 30.4 Å². The number of nitrogens with zero attached hydrogens (tertiary/aromatic N) is 4. The van der Waals surface area contributed by atoms with Gasteiger partial charge in [0, 0.05) is 6.20 Å². The van der Waals surface area contributed by atoms with Crippen molar-refractivity contribution >= 4 is 38.5 Å². The number of pyridine rings is 1. The van der Waals surface area contributed by atoms with E-state index in [9.17, 15) is 14.9 Å². The number of aromatic nitrogens is 2. The van der Waals surface area contributed by atoms with Gasteiger partial charge in [0.05, 0.1) is 28.5 Å². The smallest absolute Gasteiger partial charge is 0.395 e. The molecule has 0 saturated carbocycles. The summed E-state index contributed by atoms with van der Waals surface area (Å²) in [4.78, 5) is 33.7. The summed E-state index contributed by atoms with van der Waals surface area (Å²) in [7, 11) is 0. The number of hydrogen-bond acceptors (Lipinski definition) is 7.